The molecule has 21 heavy (non-hydrogen) atoms. The highest BCUT2D eigenvalue weighted by Gasteiger charge is 2.26. The maximum absolute atomic E-state index is 12.6. The number of nitrogens with zero attached hydrogens (tertiary/aromatic N) is 1. The van der Waals surface area contributed by atoms with Gasteiger partial charge in [0.25, 0.3) is 5.91 Å². The zero-order valence-corrected chi connectivity index (χ0v) is 13.8. The summed E-state index contributed by atoms with van der Waals surface area (Å²) in [5.74, 6) is 1.06. The van der Waals surface area contributed by atoms with Crippen LogP contribution in [0.15, 0.2) is 18.2 Å². The summed E-state index contributed by atoms with van der Waals surface area (Å²) in [4.78, 5) is 14.5. The zero-order chi connectivity index (χ0) is 14.5. The Kier molecular flexibility index (Phi) is 7.29. The Morgan fingerprint density at radius 1 is 1.52 bits per heavy atom. The van der Waals surface area contributed by atoms with E-state index in [0.29, 0.717) is 28.8 Å². The van der Waals surface area contributed by atoms with E-state index in [1.165, 1.54) is 0 Å². The number of amides is 1. The van der Waals surface area contributed by atoms with Crippen molar-refractivity contribution in [1.29, 1.82) is 0 Å². The molecule has 0 bridgehead atoms. The fraction of sp³-hybridized carbons (Fsp3) is 0.533. The van der Waals surface area contributed by atoms with Gasteiger partial charge in [-0.1, -0.05) is 11.6 Å². The molecule has 118 valence electrons. The predicted octanol–water partition coefficient (Wildman–Crippen LogP) is 2.97. The zero-order valence-electron chi connectivity index (χ0n) is 12.2. The van der Waals surface area contributed by atoms with E-state index in [1.807, 2.05) is 4.90 Å². The van der Waals surface area contributed by atoms with E-state index in [0.717, 1.165) is 32.4 Å². The molecule has 1 atom stereocenters. The van der Waals surface area contributed by atoms with Crippen molar-refractivity contribution in [3.63, 3.8) is 0 Å². The van der Waals surface area contributed by atoms with Crippen LogP contribution in [0.5, 0.6) is 5.75 Å². The molecule has 1 aliphatic heterocycles. The number of carbonyl (C=O) groups excluding carboxylic acids is 1. The van der Waals surface area contributed by atoms with Gasteiger partial charge in [-0.2, -0.15) is 0 Å². The van der Waals surface area contributed by atoms with Gasteiger partial charge in [0.05, 0.1) is 12.7 Å². The smallest absolute Gasteiger partial charge is 0.257 e. The number of piperidine rings is 1. The van der Waals surface area contributed by atoms with Gasteiger partial charge in [-0.3, -0.25) is 4.79 Å². The van der Waals surface area contributed by atoms with Gasteiger partial charge in [-0.25, -0.2) is 0 Å². The summed E-state index contributed by atoms with van der Waals surface area (Å²) in [7, 11) is 1.56. The Morgan fingerprint density at radius 2 is 2.29 bits per heavy atom. The van der Waals surface area contributed by atoms with Gasteiger partial charge in [0.2, 0.25) is 0 Å². The second-order valence-electron chi connectivity index (χ2n) is 5.18. The number of likely N-dealkylation sites (tertiary alicyclic amines) is 1. The molecule has 4 nitrogen and oxygen atoms in total. The average Bonchev–Trinajstić information content (AvgIpc) is 2.47. The monoisotopic (exact) mass is 332 g/mol. The van der Waals surface area contributed by atoms with Crippen molar-refractivity contribution in [2.45, 2.75) is 19.3 Å². The summed E-state index contributed by atoms with van der Waals surface area (Å²) in [6.07, 6.45) is 3.14. The summed E-state index contributed by atoms with van der Waals surface area (Å²) >= 11 is 5.99. The van der Waals surface area contributed by atoms with Gasteiger partial charge >= 0.3 is 0 Å². The lowest BCUT2D eigenvalue weighted by molar-refractivity contribution is 0.0666. The molecule has 1 saturated heterocycles. The molecule has 0 spiro atoms. The molecule has 1 fully saturated rings. The highest BCUT2D eigenvalue weighted by molar-refractivity contribution is 6.31. The van der Waals surface area contributed by atoms with Gasteiger partial charge in [0.15, 0.2) is 0 Å². The summed E-state index contributed by atoms with van der Waals surface area (Å²) in [5.41, 5.74) is 6.15. The molecule has 1 aliphatic rings. The number of nitrogens with two attached hydrogens (primary N) is 1. The molecule has 0 saturated carbocycles. The number of benzene rings is 1. The second kappa shape index (κ2) is 8.47. The minimum absolute atomic E-state index is 0. The highest BCUT2D eigenvalue weighted by atomic mass is 35.5. The quantitative estimate of drug-likeness (QED) is 0.922. The summed E-state index contributed by atoms with van der Waals surface area (Å²) in [6, 6.07) is 5.14. The Balaban J connectivity index is 0.00000220. The maximum atomic E-state index is 12.6. The molecule has 1 amide bonds. The topological polar surface area (TPSA) is 55.6 Å². The van der Waals surface area contributed by atoms with Crippen LogP contribution in [0.2, 0.25) is 5.02 Å². The number of halogens is 2. The third-order valence-corrected chi connectivity index (χ3v) is 4.01. The van der Waals surface area contributed by atoms with E-state index in [-0.39, 0.29) is 18.3 Å². The van der Waals surface area contributed by atoms with Crippen LogP contribution in [0.3, 0.4) is 0 Å². The fourth-order valence-corrected chi connectivity index (χ4v) is 2.91. The van der Waals surface area contributed by atoms with Crippen molar-refractivity contribution in [2.24, 2.45) is 11.7 Å². The largest absolute Gasteiger partial charge is 0.496 e. The molecule has 1 unspecified atom stereocenters. The van der Waals surface area contributed by atoms with Crippen LogP contribution < -0.4 is 10.5 Å². The number of rotatable bonds is 4. The van der Waals surface area contributed by atoms with Gasteiger partial charge in [-0.15, -0.1) is 12.4 Å². The van der Waals surface area contributed by atoms with Crippen LogP contribution in [0.25, 0.3) is 0 Å². The van der Waals surface area contributed by atoms with Gasteiger partial charge in [0.1, 0.15) is 5.75 Å². The lowest BCUT2D eigenvalue weighted by atomic mass is 9.94. The van der Waals surface area contributed by atoms with Crippen molar-refractivity contribution < 1.29 is 9.53 Å². The third kappa shape index (κ3) is 4.50. The lowest BCUT2D eigenvalue weighted by Gasteiger charge is -2.33. The molecule has 1 heterocycles. The standard InChI is InChI=1S/C15H21ClN2O2.ClH/c1-20-14-5-4-12(16)9-13(14)15(19)18-8-2-3-11(10-18)6-7-17;/h4-5,9,11H,2-3,6-8,10,17H2,1H3;1H. The van der Waals surface area contributed by atoms with Crippen molar-refractivity contribution in [3.8, 4) is 5.75 Å². The number of hydrogen-bond acceptors (Lipinski definition) is 3. The minimum atomic E-state index is -0.00827. The van der Waals surface area contributed by atoms with Crippen molar-refractivity contribution >= 4 is 29.9 Å². The van der Waals surface area contributed by atoms with Crippen molar-refractivity contribution in [3.05, 3.63) is 28.8 Å². The van der Waals surface area contributed by atoms with Gasteiger partial charge in [0, 0.05) is 18.1 Å². The molecule has 1 aromatic carbocycles. The van der Waals surface area contributed by atoms with E-state index < -0.39 is 0 Å². The van der Waals surface area contributed by atoms with Gasteiger partial charge in [-0.05, 0) is 49.9 Å². The minimum Gasteiger partial charge on any atom is -0.496 e. The van der Waals surface area contributed by atoms with E-state index in [4.69, 9.17) is 22.1 Å². The Bertz CT molecular complexity index is 481. The van der Waals surface area contributed by atoms with Crippen LogP contribution >= 0.6 is 24.0 Å². The average molecular weight is 333 g/mol. The van der Waals surface area contributed by atoms with Crippen LogP contribution in [-0.2, 0) is 0 Å². The first kappa shape index (κ1) is 18.1. The molecule has 2 rings (SSSR count). The maximum Gasteiger partial charge on any atom is 0.257 e. The Morgan fingerprint density at radius 3 is 2.95 bits per heavy atom. The first-order chi connectivity index (χ1) is 9.65. The molecule has 0 aromatic heterocycles. The molecule has 0 radical (unpaired) electrons. The summed E-state index contributed by atoms with van der Waals surface area (Å²) < 4.78 is 5.26. The molecule has 2 N–H and O–H groups in total. The Labute approximate surface area is 137 Å². The molecular weight excluding hydrogens is 311 g/mol. The SMILES string of the molecule is COc1ccc(Cl)cc1C(=O)N1CCCC(CCN)C1.Cl. The van der Waals surface area contributed by atoms with E-state index >= 15 is 0 Å². The lowest BCUT2D eigenvalue weighted by Crippen LogP contribution is -2.40. The molecular formula is C15H22Cl2N2O2. The first-order valence-electron chi connectivity index (χ1n) is 6.98. The Hall–Kier alpha value is -0.970. The first-order valence-corrected chi connectivity index (χ1v) is 7.36. The molecule has 0 aliphatic carbocycles. The van der Waals surface area contributed by atoms with Crippen LogP contribution in [0.1, 0.15) is 29.6 Å². The van der Waals surface area contributed by atoms with E-state index in [9.17, 15) is 4.79 Å². The number of methoxy groups -OCH3 is 1. The van der Waals surface area contributed by atoms with E-state index in [2.05, 4.69) is 0 Å². The normalized spacial score (nSPS) is 18.0. The highest BCUT2D eigenvalue weighted by Crippen LogP contribution is 2.27. The number of carbonyl (C=O) groups is 1. The van der Waals surface area contributed by atoms with Crippen LogP contribution in [-0.4, -0.2) is 37.6 Å². The predicted molar refractivity (Wildman–Crippen MR) is 87.6 cm³/mol. The molecule has 1 aromatic rings. The van der Waals surface area contributed by atoms with Crippen molar-refractivity contribution in [2.75, 3.05) is 26.7 Å². The summed E-state index contributed by atoms with van der Waals surface area (Å²) in [6.45, 7) is 2.23. The van der Waals surface area contributed by atoms with Crippen LogP contribution in [0, 0.1) is 5.92 Å². The fourth-order valence-electron chi connectivity index (χ4n) is 2.74. The van der Waals surface area contributed by atoms with E-state index in [1.54, 1.807) is 25.3 Å². The van der Waals surface area contributed by atoms with Gasteiger partial charge < -0.3 is 15.4 Å². The van der Waals surface area contributed by atoms with Crippen molar-refractivity contribution in [1.82, 2.24) is 4.90 Å². The second-order valence-corrected chi connectivity index (χ2v) is 5.62. The number of ether oxygens (including phenoxy) is 1. The summed E-state index contributed by atoms with van der Waals surface area (Å²) in [5, 5.41) is 0.546. The third-order valence-electron chi connectivity index (χ3n) is 3.77. The van der Waals surface area contributed by atoms with Crippen LogP contribution in [0.4, 0.5) is 0 Å². The molecule has 6 heteroatoms. The number of hydrogen-bond donors (Lipinski definition) is 1.